The third-order valence-corrected chi connectivity index (χ3v) is 8.83. The van der Waals surface area contributed by atoms with Crippen LogP contribution in [-0.2, 0) is 6.42 Å². The minimum absolute atomic E-state index is 0.132. The summed E-state index contributed by atoms with van der Waals surface area (Å²) in [6.07, 6.45) is 1.41. The molecule has 0 bridgehead atoms. The lowest BCUT2D eigenvalue weighted by Gasteiger charge is -2.36. The second-order valence-electron chi connectivity index (χ2n) is 6.95. The second kappa shape index (κ2) is 4.92. The summed E-state index contributed by atoms with van der Waals surface area (Å²) in [5, 5.41) is 0.132. The minimum Gasteiger partial charge on any atom is -0.541 e. The highest BCUT2D eigenvalue weighted by Gasteiger charge is 2.40. The molecule has 2 rings (SSSR count). The summed E-state index contributed by atoms with van der Waals surface area (Å²) in [6.45, 7) is 11.1. The molecule has 0 saturated heterocycles. The third-order valence-electron chi connectivity index (χ3n) is 4.48. The first-order valence-electron chi connectivity index (χ1n) is 7.09. The molecule has 0 aromatic heterocycles. The number of hydrogen-bond donors (Lipinski definition) is 0. The van der Waals surface area contributed by atoms with Crippen molar-refractivity contribution in [1.82, 2.24) is 0 Å². The van der Waals surface area contributed by atoms with Crippen LogP contribution < -0.4 is 9.16 Å². The Morgan fingerprint density at radius 1 is 1.10 bits per heavy atom. The van der Waals surface area contributed by atoms with E-state index in [0.717, 1.165) is 23.3 Å². The zero-order valence-corrected chi connectivity index (χ0v) is 14.3. The zero-order chi connectivity index (χ0) is 15.1. The van der Waals surface area contributed by atoms with Crippen molar-refractivity contribution in [3.8, 4) is 11.5 Å². The molecular formula is C16H24O3Si. The van der Waals surface area contributed by atoms with E-state index in [1.807, 2.05) is 12.1 Å². The molecule has 20 heavy (non-hydrogen) atoms. The van der Waals surface area contributed by atoms with Gasteiger partial charge in [-0.05, 0) is 42.2 Å². The molecule has 4 heteroatoms. The van der Waals surface area contributed by atoms with Crippen LogP contribution in [0.2, 0.25) is 18.1 Å². The van der Waals surface area contributed by atoms with Crippen LogP contribution in [0, 0.1) is 0 Å². The second-order valence-corrected chi connectivity index (χ2v) is 11.7. The number of aryl methyl sites for hydroxylation is 1. The van der Waals surface area contributed by atoms with Gasteiger partial charge in [-0.25, -0.2) is 0 Å². The van der Waals surface area contributed by atoms with Gasteiger partial charge in [0.25, 0.3) is 8.32 Å². The van der Waals surface area contributed by atoms with Gasteiger partial charge in [0.2, 0.25) is 0 Å². The van der Waals surface area contributed by atoms with Crippen molar-refractivity contribution in [1.29, 1.82) is 0 Å². The molecule has 0 unspecified atom stereocenters. The van der Waals surface area contributed by atoms with Crippen LogP contribution in [0.15, 0.2) is 12.1 Å². The first-order chi connectivity index (χ1) is 9.15. The van der Waals surface area contributed by atoms with Crippen LogP contribution in [-0.4, -0.2) is 21.2 Å². The fourth-order valence-corrected chi connectivity index (χ4v) is 3.13. The van der Waals surface area contributed by atoms with E-state index in [2.05, 4.69) is 33.9 Å². The number of benzene rings is 1. The standard InChI is InChI=1S/C16H24O3Si/c1-16(2,3)20(5,6)19-15-9-11-7-8-13(17)12(11)10-14(15)18-4/h9-10H,7-8H2,1-6H3. The Morgan fingerprint density at radius 3 is 2.30 bits per heavy atom. The Labute approximate surface area is 122 Å². The molecular weight excluding hydrogens is 268 g/mol. The highest BCUT2D eigenvalue weighted by Crippen LogP contribution is 2.41. The lowest BCUT2D eigenvalue weighted by Crippen LogP contribution is -2.44. The molecule has 1 aliphatic carbocycles. The van der Waals surface area contributed by atoms with E-state index < -0.39 is 8.32 Å². The Bertz CT molecular complexity index is 541. The number of ketones is 1. The maximum atomic E-state index is 11.8. The highest BCUT2D eigenvalue weighted by molar-refractivity contribution is 6.74. The molecule has 0 saturated carbocycles. The Balaban J connectivity index is 2.40. The van der Waals surface area contributed by atoms with Crippen molar-refractivity contribution in [2.45, 2.75) is 51.7 Å². The van der Waals surface area contributed by atoms with Crippen molar-refractivity contribution >= 4 is 14.1 Å². The van der Waals surface area contributed by atoms with Crippen LogP contribution in [0.4, 0.5) is 0 Å². The van der Waals surface area contributed by atoms with Crippen molar-refractivity contribution in [2.24, 2.45) is 0 Å². The van der Waals surface area contributed by atoms with Crippen molar-refractivity contribution < 1.29 is 14.0 Å². The van der Waals surface area contributed by atoms with Crippen LogP contribution in [0.1, 0.15) is 43.1 Å². The fourth-order valence-electron chi connectivity index (χ4n) is 2.12. The summed E-state index contributed by atoms with van der Waals surface area (Å²) in [5.41, 5.74) is 1.88. The van der Waals surface area contributed by atoms with Crippen LogP contribution in [0.3, 0.4) is 0 Å². The predicted octanol–water partition coefficient (Wildman–Crippen LogP) is 4.21. The number of fused-ring (bicyclic) bond motifs is 1. The largest absolute Gasteiger partial charge is 0.541 e. The highest BCUT2D eigenvalue weighted by atomic mass is 28.4. The Kier molecular flexibility index (Phi) is 3.71. The minimum atomic E-state index is -1.91. The van der Waals surface area contributed by atoms with E-state index in [0.29, 0.717) is 12.2 Å². The maximum Gasteiger partial charge on any atom is 0.250 e. The third kappa shape index (κ3) is 2.61. The van der Waals surface area contributed by atoms with Crippen LogP contribution in [0.25, 0.3) is 0 Å². The first kappa shape index (κ1) is 15.1. The summed E-state index contributed by atoms with van der Waals surface area (Å²) in [7, 11) is -0.283. The normalized spacial score (nSPS) is 15.2. The molecule has 1 aromatic carbocycles. The van der Waals surface area contributed by atoms with E-state index in [4.69, 9.17) is 9.16 Å². The number of Topliss-reactive ketones (excluding diaryl/α,β-unsaturated/α-hetero) is 1. The molecule has 1 aliphatic rings. The monoisotopic (exact) mass is 292 g/mol. The predicted molar refractivity (Wildman–Crippen MR) is 83.5 cm³/mol. The lowest BCUT2D eigenvalue weighted by atomic mass is 10.1. The van der Waals surface area contributed by atoms with Gasteiger partial charge >= 0.3 is 0 Å². The maximum absolute atomic E-state index is 11.8. The summed E-state index contributed by atoms with van der Waals surface area (Å²) in [4.78, 5) is 11.8. The summed E-state index contributed by atoms with van der Waals surface area (Å²) < 4.78 is 11.8. The van der Waals surface area contributed by atoms with E-state index in [1.54, 1.807) is 7.11 Å². The molecule has 0 amide bonds. The molecule has 0 radical (unpaired) electrons. The zero-order valence-electron chi connectivity index (χ0n) is 13.3. The average Bonchev–Trinajstić information content (AvgIpc) is 2.67. The van der Waals surface area contributed by atoms with Gasteiger partial charge in [0.05, 0.1) is 7.11 Å². The number of carbonyl (C=O) groups excluding carboxylic acids is 1. The molecule has 0 aliphatic heterocycles. The number of ether oxygens (including phenoxy) is 1. The van der Waals surface area contributed by atoms with E-state index in [9.17, 15) is 4.79 Å². The molecule has 0 atom stereocenters. The van der Waals surface area contributed by atoms with Crippen molar-refractivity contribution in [3.05, 3.63) is 23.3 Å². The van der Waals surface area contributed by atoms with Gasteiger partial charge in [0.15, 0.2) is 11.5 Å². The molecule has 0 fully saturated rings. The van der Waals surface area contributed by atoms with Crippen LogP contribution in [0.5, 0.6) is 11.5 Å². The van der Waals surface area contributed by atoms with Crippen molar-refractivity contribution in [3.63, 3.8) is 0 Å². The summed E-state index contributed by atoms with van der Waals surface area (Å²) >= 11 is 0. The number of rotatable bonds is 3. The molecule has 0 spiro atoms. The number of hydrogen-bond acceptors (Lipinski definition) is 3. The van der Waals surface area contributed by atoms with Gasteiger partial charge in [-0.1, -0.05) is 20.8 Å². The topological polar surface area (TPSA) is 35.5 Å². The van der Waals surface area contributed by atoms with Gasteiger partial charge in [-0.2, -0.15) is 0 Å². The molecule has 3 nitrogen and oxygen atoms in total. The van der Waals surface area contributed by atoms with E-state index in [1.165, 1.54) is 0 Å². The Hall–Kier alpha value is -1.29. The summed E-state index contributed by atoms with van der Waals surface area (Å²) in [5.74, 6) is 1.66. The van der Waals surface area contributed by atoms with E-state index >= 15 is 0 Å². The molecule has 0 N–H and O–H groups in total. The SMILES string of the molecule is COc1cc2c(cc1O[Si](C)(C)C(C)(C)C)CCC2=O. The Morgan fingerprint density at radius 2 is 1.75 bits per heavy atom. The molecule has 1 aromatic rings. The average molecular weight is 292 g/mol. The van der Waals surface area contributed by atoms with E-state index in [-0.39, 0.29) is 10.8 Å². The van der Waals surface area contributed by atoms with Gasteiger partial charge in [0, 0.05) is 12.0 Å². The molecule has 110 valence electrons. The van der Waals surface area contributed by atoms with Crippen molar-refractivity contribution in [2.75, 3.05) is 7.11 Å². The number of carbonyl (C=O) groups is 1. The van der Waals surface area contributed by atoms with Gasteiger partial charge in [-0.15, -0.1) is 0 Å². The lowest BCUT2D eigenvalue weighted by molar-refractivity contribution is 0.0994. The van der Waals surface area contributed by atoms with Gasteiger partial charge < -0.3 is 9.16 Å². The smallest absolute Gasteiger partial charge is 0.250 e. The van der Waals surface area contributed by atoms with Gasteiger partial charge in [0.1, 0.15) is 5.75 Å². The first-order valence-corrected chi connectivity index (χ1v) is 9.99. The quantitative estimate of drug-likeness (QED) is 0.783. The summed E-state index contributed by atoms with van der Waals surface area (Å²) in [6, 6.07) is 3.84. The number of methoxy groups -OCH3 is 1. The van der Waals surface area contributed by atoms with Crippen LogP contribution >= 0.6 is 0 Å². The van der Waals surface area contributed by atoms with Gasteiger partial charge in [-0.3, -0.25) is 4.79 Å². The molecule has 0 heterocycles. The fraction of sp³-hybridized carbons (Fsp3) is 0.562.